The van der Waals surface area contributed by atoms with Gasteiger partial charge in [-0.1, -0.05) is 18.2 Å². The fourth-order valence-electron chi connectivity index (χ4n) is 4.76. The number of phenolic OH excluding ortho intramolecular Hbond substituents is 4. The van der Waals surface area contributed by atoms with Crippen molar-refractivity contribution in [2.45, 2.75) is 80.7 Å². The topological polar surface area (TPSA) is 269 Å². The molecule has 0 amide bonds. The first kappa shape index (κ1) is 34.8. The van der Waals surface area contributed by atoms with Crippen LogP contribution in [0.4, 0.5) is 0 Å². The van der Waals surface area contributed by atoms with E-state index in [1.165, 1.54) is 37.3 Å². The van der Waals surface area contributed by atoms with Gasteiger partial charge < -0.3 is 79.9 Å². The van der Waals surface area contributed by atoms with E-state index in [0.717, 1.165) is 18.2 Å². The fourth-order valence-corrected chi connectivity index (χ4v) is 4.76. The predicted molar refractivity (Wildman–Crippen MR) is 149 cm³/mol. The Hall–Kier alpha value is -3.10. The van der Waals surface area contributed by atoms with Crippen molar-refractivity contribution in [2.24, 2.45) is 0 Å². The summed E-state index contributed by atoms with van der Waals surface area (Å²) >= 11 is 0. The van der Waals surface area contributed by atoms with Crippen LogP contribution in [0.15, 0.2) is 42.5 Å². The lowest BCUT2D eigenvalue weighted by Gasteiger charge is -2.44. The Morgan fingerprint density at radius 3 is 2.02 bits per heavy atom. The number of benzene rings is 2. The van der Waals surface area contributed by atoms with Crippen LogP contribution in [0.3, 0.4) is 0 Å². The van der Waals surface area contributed by atoms with Crippen LogP contribution in [0, 0.1) is 0 Å². The summed E-state index contributed by atoms with van der Waals surface area (Å²) in [6.45, 7) is 0.412. The molecule has 0 spiro atoms. The van der Waals surface area contributed by atoms with Gasteiger partial charge in [-0.05, 0) is 48.4 Å². The maximum atomic E-state index is 11.0. The Morgan fingerprint density at radius 2 is 1.36 bits per heavy atom. The number of hydrogen-bond acceptors (Lipinski definition) is 16. The quantitative estimate of drug-likeness (QED) is 0.0960. The Labute approximate surface area is 256 Å². The van der Waals surface area contributed by atoms with Crippen molar-refractivity contribution in [1.29, 1.82) is 0 Å². The highest BCUT2D eigenvalue weighted by Crippen LogP contribution is 2.31. The second kappa shape index (κ2) is 15.0. The number of aliphatic hydroxyl groups is 7. The van der Waals surface area contributed by atoms with Gasteiger partial charge in [-0.2, -0.15) is 0 Å². The Bertz CT molecular complexity index is 1290. The van der Waals surface area contributed by atoms with E-state index in [0.29, 0.717) is 5.56 Å². The molecular weight excluding hydrogens is 604 g/mol. The molecule has 250 valence electrons. The van der Waals surface area contributed by atoms with Gasteiger partial charge in [-0.3, -0.25) is 0 Å². The largest absolute Gasteiger partial charge is 0.504 e. The van der Waals surface area contributed by atoms with Gasteiger partial charge in [0.15, 0.2) is 41.9 Å². The van der Waals surface area contributed by atoms with Crippen LogP contribution in [0.5, 0.6) is 23.0 Å². The summed E-state index contributed by atoms with van der Waals surface area (Å²) in [7, 11) is 0. The molecule has 4 rings (SSSR count). The maximum Gasteiger partial charge on any atom is 0.186 e. The molecule has 45 heavy (non-hydrogen) atoms. The minimum absolute atomic E-state index is 0.160. The molecule has 2 heterocycles. The number of aromatic hydroxyl groups is 4. The highest BCUT2D eigenvalue weighted by molar-refractivity contribution is 5.55. The third-order valence-electron chi connectivity index (χ3n) is 7.43. The minimum Gasteiger partial charge on any atom is -0.504 e. The summed E-state index contributed by atoms with van der Waals surface area (Å²) < 4.78 is 27.9. The van der Waals surface area contributed by atoms with Crippen molar-refractivity contribution in [3.05, 3.63) is 53.6 Å². The van der Waals surface area contributed by atoms with Gasteiger partial charge in [0.05, 0.1) is 19.3 Å². The molecule has 2 aliphatic heterocycles. The van der Waals surface area contributed by atoms with E-state index in [4.69, 9.17) is 23.7 Å². The molecule has 0 radical (unpaired) electrons. The summed E-state index contributed by atoms with van der Waals surface area (Å²) in [6, 6.07) is 7.47. The number of rotatable bonds is 11. The van der Waals surface area contributed by atoms with E-state index < -0.39 is 104 Å². The zero-order valence-corrected chi connectivity index (χ0v) is 23.9. The van der Waals surface area contributed by atoms with Crippen LogP contribution in [-0.4, -0.2) is 137 Å². The lowest BCUT2D eigenvalue weighted by Crippen LogP contribution is -2.62. The molecule has 2 aromatic rings. The highest BCUT2D eigenvalue weighted by Gasteiger charge is 2.48. The molecule has 0 saturated carbocycles. The fraction of sp³-hybridized carbons (Fsp3) is 0.517. The first-order chi connectivity index (χ1) is 21.3. The summed E-state index contributed by atoms with van der Waals surface area (Å²) in [4.78, 5) is 0. The Morgan fingerprint density at radius 1 is 0.733 bits per heavy atom. The molecule has 2 aromatic carbocycles. The predicted octanol–water partition coefficient (Wildman–Crippen LogP) is -1.73. The van der Waals surface area contributed by atoms with E-state index in [1.54, 1.807) is 0 Å². The normalized spacial score (nSPS) is 33.7. The SMILES string of the molecule is C[C@@H]1O[C@@H](OC[C@H]2OC(OCC(O)c3ccc(O)c(O)c3)[C@H](O)[C@@H](O)C2OC(O)/C=C/c2ccc(O)c(O)c2)[C@@H](O)[C@H](O)[C@H]1O. The Balaban J connectivity index is 1.47. The van der Waals surface area contributed by atoms with Crippen molar-refractivity contribution >= 4 is 6.08 Å². The molecule has 0 aliphatic carbocycles. The maximum absolute atomic E-state index is 11.0. The highest BCUT2D eigenvalue weighted by atomic mass is 16.7. The summed E-state index contributed by atoms with van der Waals surface area (Å²) in [5.74, 6) is -1.64. The lowest BCUT2D eigenvalue weighted by molar-refractivity contribution is -0.340. The summed E-state index contributed by atoms with van der Waals surface area (Å²) in [5.41, 5.74) is 0.535. The molecular formula is C29H38O16. The van der Waals surface area contributed by atoms with Gasteiger partial charge in [0.2, 0.25) is 0 Å². The van der Waals surface area contributed by atoms with Crippen molar-refractivity contribution in [1.82, 2.24) is 0 Å². The zero-order chi connectivity index (χ0) is 33.0. The molecule has 16 nitrogen and oxygen atoms in total. The van der Waals surface area contributed by atoms with Crippen molar-refractivity contribution in [3.8, 4) is 23.0 Å². The Kier molecular flexibility index (Phi) is 11.6. The van der Waals surface area contributed by atoms with E-state index in [1.807, 2.05) is 0 Å². The molecule has 2 fully saturated rings. The molecule has 2 aliphatic rings. The first-order valence-electron chi connectivity index (χ1n) is 13.9. The number of hydrogen-bond donors (Lipinski definition) is 11. The van der Waals surface area contributed by atoms with Crippen LogP contribution >= 0.6 is 0 Å². The summed E-state index contributed by atoms with van der Waals surface area (Å²) in [5, 5.41) is 112. The molecule has 12 atom stereocenters. The van der Waals surface area contributed by atoms with E-state index in [2.05, 4.69) is 0 Å². The second-order valence-corrected chi connectivity index (χ2v) is 10.7. The monoisotopic (exact) mass is 642 g/mol. The van der Waals surface area contributed by atoms with Crippen molar-refractivity contribution < 1.29 is 79.9 Å². The molecule has 16 heteroatoms. The van der Waals surface area contributed by atoms with Crippen LogP contribution in [0.2, 0.25) is 0 Å². The third-order valence-corrected chi connectivity index (χ3v) is 7.43. The van der Waals surface area contributed by atoms with Gasteiger partial charge >= 0.3 is 0 Å². The number of aliphatic hydroxyl groups excluding tert-OH is 7. The van der Waals surface area contributed by atoms with E-state index in [-0.39, 0.29) is 11.3 Å². The van der Waals surface area contributed by atoms with Crippen LogP contribution in [0.1, 0.15) is 24.2 Å². The molecule has 0 aromatic heterocycles. The van der Waals surface area contributed by atoms with Crippen molar-refractivity contribution in [3.63, 3.8) is 0 Å². The average Bonchev–Trinajstić information content (AvgIpc) is 3.01. The van der Waals surface area contributed by atoms with E-state index in [9.17, 15) is 56.2 Å². The standard InChI is InChI=1S/C29H38O16/c1-12-22(36)23(37)25(39)28(43-12)42-11-20-27(45-21(35)7-3-13-2-5-15(30)17(32)8-13)24(38)26(40)29(44-20)41-10-19(34)14-4-6-16(31)18(33)9-14/h2-9,12,19-40H,10-11H2,1H3/b7-3+/t12-,19?,20+,21?,22-,23+,24+,25-,26+,27?,28+,29?/m0/s1. The molecule has 4 unspecified atom stereocenters. The average molecular weight is 643 g/mol. The molecule has 2 saturated heterocycles. The van der Waals surface area contributed by atoms with Crippen molar-refractivity contribution in [2.75, 3.05) is 13.2 Å². The zero-order valence-electron chi connectivity index (χ0n) is 23.9. The number of ether oxygens (including phenoxy) is 5. The van der Waals surface area contributed by atoms with Crippen LogP contribution < -0.4 is 0 Å². The van der Waals surface area contributed by atoms with Gasteiger partial charge in [0, 0.05) is 0 Å². The van der Waals surface area contributed by atoms with Gasteiger partial charge in [-0.15, -0.1) is 0 Å². The minimum atomic E-state index is -1.79. The smallest absolute Gasteiger partial charge is 0.186 e. The van der Waals surface area contributed by atoms with Gasteiger partial charge in [0.1, 0.15) is 48.8 Å². The van der Waals surface area contributed by atoms with E-state index >= 15 is 0 Å². The molecule has 0 bridgehead atoms. The van der Waals surface area contributed by atoms with Crippen LogP contribution in [0.25, 0.3) is 6.08 Å². The van der Waals surface area contributed by atoms with Gasteiger partial charge in [0.25, 0.3) is 0 Å². The number of phenols is 4. The van der Waals surface area contributed by atoms with Gasteiger partial charge in [-0.25, -0.2) is 0 Å². The molecule has 11 N–H and O–H groups in total. The lowest BCUT2D eigenvalue weighted by atomic mass is 9.98. The summed E-state index contributed by atoms with van der Waals surface area (Å²) in [6.07, 6.45) is -15.6. The first-order valence-corrected chi connectivity index (χ1v) is 13.9. The third kappa shape index (κ3) is 8.39. The second-order valence-electron chi connectivity index (χ2n) is 10.7. The van der Waals surface area contributed by atoms with Crippen LogP contribution in [-0.2, 0) is 23.7 Å².